The molecule has 0 fully saturated rings. The van der Waals surface area contributed by atoms with E-state index in [1.807, 2.05) is 50.2 Å². The molecular formula is C25H24FN3O2. The predicted octanol–water partition coefficient (Wildman–Crippen LogP) is 4.80. The minimum Gasteiger partial charge on any atom is -0.492 e. The number of para-hydroxylation sites is 2. The van der Waals surface area contributed by atoms with Crippen molar-refractivity contribution in [1.29, 1.82) is 0 Å². The first-order chi connectivity index (χ1) is 15.0. The topological polar surface area (TPSA) is 56.1 Å². The molecule has 0 bridgehead atoms. The number of ether oxygens (including phenoxy) is 1. The summed E-state index contributed by atoms with van der Waals surface area (Å²) in [6.07, 6.45) is 0. The fourth-order valence-electron chi connectivity index (χ4n) is 3.64. The van der Waals surface area contributed by atoms with Crippen LogP contribution in [0.3, 0.4) is 0 Å². The smallest absolute Gasteiger partial charge is 0.251 e. The Labute approximate surface area is 180 Å². The van der Waals surface area contributed by atoms with Gasteiger partial charge in [-0.3, -0.25) is 4.79 Å². The maximum Gasteiger partial charge on any atom is 0.251 e. The number of nitrogens with zero attached hydrogens (tertiary/aromatic N) is 2. The molecule has 0 aliphatic heterocycles. The Morgan fingerprint density at radius 2 is 1.74 bits per heavy atom. The average Bonchev–Trinajstić information content (AvgIpc) is 3.09. The zero-order valence-corrected chi connectivity index (χ0v) is 17.6. The molecule has 1 amide bonds. The lowest BCUT2D eigenvalue weighted by molar-refractivity contribution is 0.0949. The van der Waals surface area contributed by atoms with E-state index >= 15 is 0 Å². The van der Waals surface area contributed by atoms with Gasteiger partial charge < -0.3 is 14.6 Å². The third kappa shape index (κ3) is 4.91. The fraction of sp³-hybridized carbons (Fsp3) is 0.200. The summed E-state index contributed by atoms with van der Waals surface area (Å²) in [5, 5.41) is 2.87. The summed E-state index contributed by atoms with van der Waals surface area (Å²) in [4.78, 5) is 17.1. The molecule has 3 aromatic carbocycles. The average molecular weight is 417 g/mol. The second-order valence-corrected chi connectivity index (χ2v) is 7.53. The minimum absolute atomic E-state index is 0.258. The number of hydrogen-bond donors (Lipinski definition) is 1. The summed E-state index contributed by atoms with van der Waals surface area (Å²) < 4.78 is 21.1. The monoisotopic (exact) mass is 417 g/mol. The van der Waals surface area contributed by atoms with Crippen LogP contribution in [0.4, 0.5) is 4.39 Å². The second kappa shape index (κ2) is 9.00. The van der Waals surface area contributed by atoms with Gasteiger partial charge in [0.1, 0.15) is 24.0 Å². The number of halogens is 1. The predicted molar refractivity (Wildman–Crippen MR) is 119 cm³/mol. The van der Waals surface area contributed by atoms with E-state index in [-0.39, 0.29) is 18.3 Å². The molecule has 1 N–H and O–H groups in total. The highest BCUT2D eigenvalue weighted by Gasteiger charge is 2.13. The van der Waals surface area contributed by atoms with Crippen molar-refractivity contribution in [3.05, 3.63) is 95.1 Å². The number of nitrogens with one attached hydrogen (secondary N) is 1. The number of aromatic nitrogens is 2. The van der Waals surface area contributed by atoms with Crippen LogP contribution in [0.15, 0.2) is 66.7 Å². The number of amides is 1. The molecule has 31 heavy (non-hydrogen) atoms. The maximum atomic E-state index is 13.1. The van der Waals surface area contributed by atoms with Crippen LogP contribution in [0.2, 0.25) is 0 Å². The largest absolute Gasteiger partial charge is 0.492 e. The number of benzene rings is 3. The number of hydrogen-bond acceptors (Lipinski definition) is 3. The zero-order valence-electron chi connectivity index (χ0n) is 17.6. The van der Waals surface area contributed by atoms with Crippen molar-refractivity contribution in [1.82, 2.24) is 14.9 Å². The molecule has 4 aromatic rings. The third-order valence-corrected chi connectivity index (χ3v) is 5.03. The molecule has 0 saturated carbocycles. The Kier molecular flexibility index (Phi) is 5.98. The number of rotatable bonds is 7. The highest BCUT2D eigenvalue weighted by atomic mass is 19.1. The van der Waals surface area contributed by atoms with E-state index in [1.165, 1.54) is 24.3 Å². The van der Waals surface area contributed by atoms with Crippen molar-refractivity contribution in [2.24, 2.45) is 0 Å². The van der Waals surface area contributed by atoms with Gasteiger partial charge in [-0.25, -0.2) is 9.37 Å². The van der Waals surface area contributed by atoms with Gasteiger partial charge in [-0.1, -0.05) is 18.2 Å². The molecule has 0 radical (unpaired) electrons. The molecule has 0 aliphatic rings. The Bertz CT molecular complexity index is 1200. The molecule has 0 unspecified atom stereocenters. The van der Waals surface area contributed by atoms with E-state index in [4.69, 9.17) is 4.74 Å². The Balaban J connectivity index is 1.48. The summed E-state index contributed by atoms with van der Waals surface area (Å²) in [6, 6.07) is 19.5. The van der Waals surface area contributed by atoms with Gasteiger partial charge in [0, 0.05) is 5.56 Å². The lowest BCUT2D eigenvalue weighted by atomic mass is 10.1. The van der Waals surface area contributed by atoms with Crippen LogP contribution in [0.1, 0.15) is 27.3 Å². The second-order valence-electron chi connectivity index (χ2n) is 7.53. The minimum atomic E-state index is -0.373. The van der Waals surface area contributed by atoms with E-state index in [0.29, 0.717) is 18.7 Å². The molecule has 0 aliphatic carbocycles. The number of imidazole rings is 1. The van der Waals surface area contributed by atoms with E-state index < -0.39 is 0 Å². The lowest BCUT2D eigenvalue weighted by Gasteiger charge is -2.12. The highest BCUT2D eigenvalue weighted by molar-refractivity contribution is 5.94. The molecule has 4 rings (SSSR count). The van der Waals surface area contributed by atoms with Gasteiger partial charge in [0.15, 0.2) is 0 Å². The third-order valence-electron chi connectivity index (χ3n) is 5.03. The summed E-state index contributed by atoms with van der Waals surface area (Å²) in [6.45, 7) is 5.42. The lowest BCUT2D eigenvalue weighted by Crippen LogP contribution is -2.25. The fourth-order valence-corrected chi connectivity index (χ4v) is 3.64. The summed E-state index contributed by atoms with van der Waals surface area (Å²) in [5.74, 6) is 0.931. The number of fused-ring (bicyclic) bond motifs is 1. The van der Waals surface area contributed by atoms with Gasteiger partial charge >= 0.3 is 0 Å². The first-order valence-electron chi connectivity index (χ1n) is 10.2. The van der Waals surface area contributed by atoms with E-state index in [9.17, 15) is 9.18 Å². The zero-order chi connectivity index (χ0) is 21.8. The van der Waals surface area contributed by atoms with Gasteiger partial charge in [-0.15, -0.1) is 0 Å². The Morgan fingerprint density at radius 3 is 2.48 bits per heavy atom. The molecular weight excluding hydrogens is 393 g/mol. The number of carbonyl (C=O) groups is 1. The highest BCUT2D eigenvalue weighted by Crippen LogP contribution is 2.19. The summed E-state index contributed by atoms with van der Waals surface area (Å²) in [7, 11) is 0. The first-order valence-corrected chi connectivity index (χ1v) is 10.2. The van der Waals surface area contributed by atoms with Crippen molar-refractivity contribution in [3.8, 4) is 5.75 Å². The normalized spacial score (nSPS) is 10.9. The Hall–Kier alpha value is -3.67. The first kappa shape index (κ1) is 20.6. The van der Waals surface area contributed by atoms with E-state index in [1.54, 1.807) is 0 Å². The van der Waals surface area contributed by atoms with Crippen molar-refractivity contribution in [2.75, 3.05) is 6.61 Å². The van der Waals surface area contributed by atoms with Gasteiger partial charge in [-0.05, 0) is 73.5 Å². The van der Waals surface area contributed by atoms with Crippen molar-refractivity contribution >= 4 is 16.9 Å². The molecule has 5 nitrogen and oxygen atoms in total. The number of carbonyl (C=O) groups excluding carboxylic acids is 1. The molecule has 1 heterocycles. The SMILES string of the molecule is Cc1cc(C)cc(OCCn2c(CNC(=O)c3ccc(F)cc3)nc3ccccc32)c1. The quantitative estimate of drug-likeness (QED) is 0.470. The van der Waals surface area contributed by atoms with E-state index in [0.717, 1.165) is 33.7 Å². The van der Waals surface area contributed by atoms with Gasteiger partial charge in [0.2, 0.25) is 0 Å². The van der Waals surface area contributed by atoms with Crippen molar-refractivity contribution < 1.29 is 13.9 Å². The van der Waals surface area contributed by atoms with Gasteiger partial charge in [-0.2, -0.15) is 0 Å². The standard InChI is InChI=1S/C25H24FN3O2/c1-17-13-18(2)15-21(14-17)31-12-11-29-23-6-4-3-5-22(23)28-24(29)16-27-25(30)19-7-9-20(26)10-8-19/h3-10,13-15H,11-12,16H2,1-2H3,(H,27,30). The molecule has 0 spiro atoms. The van der Waals surface area contributed by atoms with Crippen LogP contribution in [-0.2, 0) is 13.1 Å². The van der Waals surface area contributed by atoms with Crippen LogP contribution < -0.4 is 10.1 Å². The molecule has 1 aromatic heterocycles. The molecule has 158 valence electrons. The molecule has 0 atom stereocenters. The number of aryl methyl sites for hydroxylation is 2. The maximum absolute atomic E-state index is 13.1. The van der Waals surface area contributed by atoms with Crippen LogP contribution in [0.5, 0.6) is 5.75 Å². The van der Waals surface area contributed by atoms with Gasteiger partial charge in [0.25, 0.3) is 5.91 Å². The van der Waals surface area contributed by atoms with Crippen molar-refractivity contribution in [3.63, 3.8) is 0 Å². The summed E-state index contributed by atoms with van der Waals surface area (Å²) in [5.41, 5.74) is 4.57. The summed E-state index contributed by atoms with van der Waals surface area (Å²) >= 11 is 0. The van der Waals surface area contributed by atoms with Gasteiger partial charge in [0.05, 0.1) is 24.1 Å². The molecule has 0 saturated heterocycles. The van der Waals surface area contributed by atoms with E-state index in [2.05, 4.69) is 20.9 Å². The molecule has 6 heteroatoms. The van der Waals surface area contributed by atoms with Crippen LogP contribution >= 0.6 is 0 Å². The van der Waals surface area contributed by atoms with Crippen LogP contribution in [-0.4, -0.2) is 22.1 Å². The van der Waals surface area contributed by atoms with Crippen molar-refractivity contribution in [2.45, 2.75) is 26.9 Å². The van der Waals surface area contributed by atoms with Crippen LogP contribution in [0.25, 0.3) is 11.0 Å². The van der Waals surface area contributed by atoms with Crippen LogP contribution in [0, 0.1) is 19.7 Å². The Morgan fingerprint density at radius 1 is 1.03 bits per heavy atom.